The van der Waals surface area contributed by atoms with Crippen LogP contribution in [0.5, 0.6) is 5.75 Å². The molecule has 142 valence electrons. The molecule has 0 radical (unpaired) electrons. The fourth-order valence-electron chi connectivity index (χ4n) is 2.05. The molecule has 0 bridgehead atoms. The van der Waals surface area contributed by atoms with Crippen molar-refractivity contribution in [1.82, 2.24) is 15.4 Å². The minimum atomic E-state index is -3.12. The van der Waals surface area contributed by atoms with Gasteiger partial charge < -0.3 is 15.4 Å². The average Bonchev–Trinajstić information content (AvgIpc) is 2.57. The summed E-state index contributed by atoms with van der Waals surface area (Å²) in [4.78, 5) is 4.14. The summed E-state index contributed by atoms with van der Waals surface area (Å²) in [6, 6.07) is 7.94. The predicted molar refractivity (Wildman–Crippen MR) is 103 cm³/mol. The lowest BCUT2D eigenvalue weighted by molar-refractivity contribution is 0.223. The van der Waals surface area contributed by atoms with Crippen LogP contribution in [0.4, 0.5) is 0 Å². The highest BCUT2D eigenvalue weighted by molar-refractivity contribution is 7.89. The molecule has 7 nitrogen and oxygen atoms in total. The summed E-state index contributed by atoms with van der Waals surface area (Å²) in [5, 5.41) is 6.35. The molecule has 1 aromatic rings. The molecule has 3 N–H and O–H groups in total. The fourth-order valence-corrected chi connectivity index (χ4v) is 2.71. The van der Waals surface area contributed by atoms with Gasteiger partial charge in [-0.05, 0) is 44.9 Å². The number of guanidine groups is 1. The highest BCUT2D eigenvalue weighted by Gasteiger charge is 2.07. The van der Waals surface area contributed by atoms with E-state index in [0.717, 1.165) is 11.3 Å². The second-order valence-corrected chi connectivity index (χ2v) is 7.87. The Kier molecular flexibility index (Phi) is 9.30. The average molecular weight is 371 g/mol. The Morgan fingerprint density at radius 2 is 2.04 bits per heavy atom. The Balaban J connectivity index is 2.25. The first-order valence-corrected chi connectivity index (χ1v) is 10.2. The fraction of sp³-hybridized carbons (Fsp3) is 0.588. The molecule has 8 heteroatoms. The zero-order valence-electron chi connectivity index (χ0n) is 15.5. The van der Waals surface area contributed by atoms with Crippen LogP contribution in [0.15, 0.2) is 29.3 Å². The SMILES string of the molecule is CCS(=O)(=O)NCCCNC(=NC)NCC(C)Oc1cccc(C)c1. The van der Waals surface area contributed by atoms with E-state index < -0.39 is 10.0 Å². The third-order valence-corrected chi connectivity index (χ3v) is 4.86. The van der Waals surface area contributed by atoms with Crippen LogP contribution in [-0.4, -0.2) is 52.9 Å². The van der Waals surface area contributed by atoms with E-state index in [9.17, 15) is 8.42 Å². The van der Waals surface area contributed by atoms with Crippen LogP contribution < -0.4 is 20.1 Å². The predicted octanol–water partition coefficient (Wildman–Crippen LogP) is 1.26. The zero-order valence-corrected chi connectivity index (χ0v) is 16.3. The lowest BCUT2D eigenvalue weighted by atomic mass is 10.2. The molecule has 0 heterocycles. The second kappa shape index (κ2) is 10.9. The summed E-state index contributed by atoms with van der Waals surface area (Å²) >= 11 is 0. The maximum Gasteiger partial charge on any atom is 0.211 e. The molecule has 0 saturated carbocycles. The van der Waals surface area contributed by atoms with Crippen molar-refractivity contribution in [3.8, 4) is 5.75 Å². The van der Waals surface area contributed by atoms with Crippen LogP contribution in [0.1, 0.15) is 25.8 Å². The van der Waals surface area contributed by atoms with Crippen LogP contribution in [-0.2, 0) is 10.0 Å². The van der Waals surface area contributed by atoms with Crippen LogP contribution >= 0.6 is 0 Å². The van der Waals surface area contributed by atoms with Gasteiger partial charge in [0.2, 0.25) is 10.0 Å². The monoisotopic (exact) mass is 370 g/mol. The van der Waals surface area contributed by atoms with E-state index in [-0.39, 0.29) is 11.9 Å². The van der Waals surface area contributed by atoms with Crippen LogP contribution in [0.25, 0.3) is 0 Å². The largest absolute Gasteiger partial charge is 0.489 e. The summed E-state index contributed by atoms with van der Waals surface area (Å²) < 4.78 is 31.0. The van der Waals surface area contributed by atoms with Crippen molar-refractivity contribution < 1.29 is 13.2 Å². The lowest BCUT2D eigenvalue weighted by Crippen LogP contribution is -2.42. The Morgan fingerprint density at radius 3 is 2.68 bits per heavy atom. The Hall–Kier alpha value is -1.80. The summed E-state index contributed by atoms with van der Waals surface area (Å²) in [5.74, 6) is 1.61. The molecule has 25 heavy (non-hydrogen) atoms. The molecule has 0 aliphatic carbocycles. The van der Waals surface area contributed by atoms with Crippen molar-refractivity contribution in [2.75, 3.05) is 32.4 Å². The molecule has 0 fully saturated rings. The van der Waals surface area contributed by atoms with Crippen LogP contribution in [0.3, 0.4) is 0 Å². The number of rotatable bonds is 10. The topological polar surface area (TPSA) is 91.8 Å². The summed E-state index contributed by atoms with van der Waals surface area (Å²) in [6.45, 7) is 7.28. The molecular weight excluding hydrogens is 340 g/mol. The molecule has 1 aromatic carbocycles. The molecule has 0 aromatic heterocycles. The molecule has 0 spiro atoms. The first kappa shape index (κ1) is 21.2. The first-order valence-electron chi connectivity index (χ1n) is 8.51. The lowest BCUT2D eigenvalue weighted by Gasteiger charge is -2.18. The van der Waals surface area contributed by atoms with Gasteiger partial charge in [0.05, 0.1) is 12.3 Å². The maximum absolute atomic E-state index is 11.3. The van der Waals surface area contributed by atoms with Gasteiger partial charge in [0.1, 0.15) is 11.9 Å². The van der Waals surface area contributed by atoms with E-state index in [0.29, 0.717) is 32.0 Å². The van der Waals surface area contributed by atoms with E-state index in [1.165, 1.54) is 0 Å². The van der Waals surface area contributed by atoms with E-state index >= 15 is 0 Å². The number of ether oxygens (including phenoxy) is 1. The van der Waals surface area contributed by atoms with Crippen molar-refractivity contribution in [2.45, 2.75) is 33.3 Å². The van der Waals surface area contributed by atoms with Crippen molar-refractivity contribution in [3.05, 3.63) is 29.8 Å². The number of sulfonamides is 1. The molecule has 0 aliphatic heterocycles. The van der Waals surface area contributed by atoms with E-state index in [1.54, 1.807) is 14.0 Å². The third kappa shape index (κ3) is 9.31. The summed E-state index contributed by atoms with van der Waals surface area (Å²) in [5.41, 5.74) is 1.16. The summed E-state index contributed by atoms with van der Waals surface area (Å²) in [6.07, 6.45) is 0.659. The number of hydrogen-bond acceptors (Lipinski definition) is 4. The normalized spacial score (nSPS) is 13.4. The van der Waals surface area contributed by atoms with Crippen molar-refractivity contribution in [3.63, 3.8) is 0 Å². The van der Waals surface area contributed by atoms with Crippen LogP contribution in [0, 0.1) is 6.92 Å². The third-order valence-electron chi connectivity index (χ3n) is 3.46. The van der Waals surface area contributed by atoms with E-state index in [1.807, 2.05) is 38.1 Å². The van der Waals surface area contributed by atoms with Gasteiger partial charge in [0.25, 0.3) is 0 Å². The number of benzene rings is 1. The molecule has 0 saturated heterocycles. The van der Waals surface area contributed by atoms with E-state index in [2.05, 4.69) is 20.3 Å². The molecule has 1 unspecified atom stereocenters. The zero-order chi connectivity index (χ0) is 18.7. The molecular formula is C17H30N4O3S. The summed E-state index contributed by atoms with van der Waals surface area (Å²) in [7, 11) is -1.42. The van der Waals surface area contributed by atoms with E-state index in [4.69, 9.17) is 4.74 Å². The van der Waals surface area contributed by atoms with Gasteiger partial charge in [-0.1, -0.05) is 12.1 Å². The highest BCUT2D eigenvalue weighted by atomic mass is 32.2. The standard InChI is InChI=1S/C17H30N4O3S/c1-5-25(22,23)21-11-7-10-19-17(18-4)20-13-15(3)24-16-9-6-8-14(2)12-16/h6,8-9,12,15,21H,5,7,10-11,13H2,1-4H3,(H2,18,19,20). The maximum atomic E-state index is 11.3. The quantitative estimate of drug-likeness (QED) is 0.328. The molecule has 0 amide bonds. The Morgan fingerprint density at radius 1 is 1.28 bits per heavy atom. The smallest absolute Gasteiger partial charge is 0.211 e. The van der Waals surface area contributed by atoms with Gasteiger partial charge in [-0.2, -0.15) is 0 Å². The Labute approximate surface area is 151 Å². The van der Waals surface area contributed by atoms with Gasteiger partial charge in [0.15, 0.2) is 5.96 Å². The second-order valence-electron chi connectivity index (χ2n) is 5.78. The molecule has 1 atom stereocenters. The highest BCUT2D eigenvalue weighted by Crippen LogP contribution is 2.13. The number of nitrogens with one attached hydrogen (secondary N) is 3. The van der Waals surface area contributed by atoms with Gasteiger partial charge in [-0.15, -0.1) is 0 Å². The minimum Gasteiger partial charge on any atom is -0.489 e. The number of aliphatic imine (C=N–C) groups is 1. The molecule has 0 aliphatic rings. The first-order chi connectivity index (χ1) is 11.9. The van der Waals surface area contributed by atoms with Gasteiger partial charge in [-0.25, -0.2) is 13.1 Å². The number of nitrogens with zero attached hydrogens (tertiary/aromatic N) is 1. The Bertz CT molecular complexity index is 647. The minimum absolute atomic E-state index is 0.0169. The van der Waals surface area contributed by atoms with Gasteiger partial charge >= 0.3 is 0 Å². The van der Waals surface area contributed by atoms with Crippen LogP contribution in [0.2, 0.25) is 0 Å². The molecule has 1 rings (SSSR count). The number of hydrogen-bond donors (Lipinski definition) is 3. The van der Waals surface area contributed by atoms with Crippen molar-refractivity contribution in [1.29, 1.82) is 0 Å². The van der Waals surface area contributed by atoms with Crippen molar-refractivity contribution >= 4 is 16.0 Å². The van der Waals surface area contributed by atoms with Crippen molar-refractivity contribution in [2.24, 2.45) is 4.99 Å². The van der Waals surface area contributed by atoms with Gasteiger partial charge in [0, 0.05) is 20.1 Å². The van der Waals surface area contributed by atoms with Gasteiger partial charge in [-0.3, -0.25) is 4.99 Å². The number of aryl methyl sites for hydroxylation is 1.